The molecule has 3 N–H and O–H groups in total. The first kappa shape index (κ1) is 17.0. The van der Waals surface area contributed by atoms with Gasteiger partial charge in [0.2, 0.25) is 5.91 Å². The van der Waals surface area contributed by atoms with E-state index in [1.165, 1.54) is 6.42 Å². The molecule has 2 aliphatic rings. The molecular formula is C18H22ClN3O2. The molecule has 2 aliphatic carbocycles. The second-order valence-corrected chi connectivity index (χ2v) is 6.75. The number of aryl methyl sites for hydroxylation is 1. The fourth-order valence-electron chi connectivity index (χ4n) is 4.16. The summed E-state index contributed by atoms with van der Waals surface area (Å²) in [6, 6.07) is 7.66. The van der Waals surface area contributed by atoms with Crippen LogP contribution in [-0.2, 0) is 4.79 Å². The molecule has 2 fully saturated rings. The van der Waals surface area contributed by atoms with Gasteiger partial charge in [-0.1, -0.05) is 0 Å². The molecule has 4 unspecified atom stereocenters. The highest BCUT2D eigenvalue weighted by Gasteiger charge is 2.49. The van der Waals surface area contributed by atoms with E-state index < -0.39 is 0 Å². The number of aromatic nitrogens is 1. The van der Waals surface area contributed by atoms with Gasteiger partial charge in [0.1, 0.15) is 0 Å². The highest BCUT2D eigenvalue weighted by Crippen LogP contribution is 2.47. The van der Waals surface area contributed by atoms with Gasteiger partial charge in [-0.25, -0.2) is 4.98 Å². The third kappa shape index (κ3) is 2.94. The standard InChI is InChI=1S/C18H21N3O2.ClH/c1-10-20-9-15(23-10)11-4-6-14(7-5-11)21-18(22)16-12-2-3-13(8-12)17(16)19;/h4-7,9,12-13,16-17H,2-3,8,19H2,1H3,(H,21,22);1H. The molecular weight excluding hydrogens is 326 g/mol. The van der Waals surface area contributed by atoms with E-state index in [9.17, 15) is 4.79 Å². The normalized spacial score (nSPS) is 27.8. The van der Waals surface area contributed by atoms with Gasteiger partial charge in [-0.2, -0.15) is 0 Å². The summed E-state index contributed by atoms with van der Waals surface area (Å²) in [5, 5.41) is 3.02. The average molecular weight is 348 g/mol. The lowest BCUT2D eigenvalue weighted by Gasteiger charge is -2.27. The number of halogens is 1. The van der Waals surface area contributed by atoms with Crippen molar-refractivity contribution >= 4 is 24.0 Å². The molecule has 1 aromatic carbocycles. The average Bonchev–Trinajstić information content (AvgIpc) is 3.24. The summed E-state index contributed by atoms with van der Waals surface area (Å²) < 4.78 is 5.50. The topological polar surface area (TPSA) is 81.2 Å². The van der Waals surface area contributed by atoms with Crippen LogP contribution in [0.15, 0.2) is 34.9 Å². The second-order valence-electron chi connectivity index (χ2n) is 6.75. The van der Waals surface area contributed by atoms with Crippen molar-refractivity contribution < 1.29 is 9.21 Å². The van der Waals surface area contributed by atoms with Crippen LogP contribution in [0.3, 0.4) is 0 Å². The number of amides is 1. The highest BCUT2D eigenvalue weighted by molar-refractivity contribution is 5.93. The van der Waals surface area contributed by atoms with E-state index in [1.54, 1.807) is 6.20 Å². The number of fused-ring (bicyclic) bond motifs is 2. The van der Waals surface area contributed by atoms with Crippen LogP contribution in [0.5, 0.6) is 0 Å². The van der Waals surface area contributed by atoms with Gasteiger partial charge in [-0.15, -0.1) is 12.4 Å². The number of nitrogens with two attached hydrogens (primary N) is 1. The molecule has 4 rings (SSSR count). The van der Waals surface area contributed by atoms with Gasteiger partial charge in [-0.05, 0) is 55.4 Å². The minimum atomic E-state index is -0.0367. The maximum atomic E-state index is 12.6. The Hall–Kier alpha value is -1.85. The summed E-state index contributed by atoms with van der Waals surface area (Å²) >= 11 is 0. The van der Waals surface area contributed by atoms with Crippen LogP contribution < -0.4 is 11.1 Å². The smallest absolute Gasteiger partial charge is 0.229 e. The van der Waals surface area contributed by atoms with E-state index in [0.29, 0.717) is 17.7 Å². The van der Waals surface area contributed by atoms with Gasteiger partial charge in [-0.3, -0.25) is 4.79 Å². The van der Waals surface area contributed by atoms with Crippen LogP contribution in [0.4, 0.5) is 5.69 Å². The summed E-state index contributed by atoms with van der Waals surface area (Å²) in [4.78, 5) is 16.6. The fourth-order valence-corrected chi connectivity index (χ4v) is 4.16. The van der Waals surface area contributed by atoms with Gasteiger partial charge in [0.05, 0.1) is 12.1 Å². The largest absolute Gasteiger partial charge is 0.441 e. The maximum Gasteiger partial charge on any atom is 0.229 e. The lowest BCUT2D eigenvalue weighted by Crippen LogP contribution is -2.42. The van der Waals surface area contributed by atoms with Crippen molar-refractivity contribution in [3.8, 4) is 11.3 Å². The van der Waals surface area contributed by atoms with Crippen LogP contribution >= 0.6 is 12.4 Å². The number of hydrogen-bond acceptors (Lipinski definition) is 4. The number of nitrogens with one attached hydrogen (secondary N) is 1. The Morgan fingerprint density at radius 2 is 1.96 bits per heavy atom. The predicted octanol–water partition coefficient (Wildman–Crippen LogP) is 3.38. The number of oxazole rings is 1. The molecule has 2 saturated carbocycles. The van der Waals surface area contributed by atoms with Crippen molar-refractivity contribution in [1.29, 1.82) is 0 Å². The number of rotatable bonds is 3. The summed E-state index contributed by atoms with van der Waals surface area (Å²) in [6.45, 7) is 1.82. The molecule has 0 spiro atoms. The lowest BCUT2D eigenvalue weighted by molar-refractivity contribution is -0.121. The molecule has 2 bridgehead atoms. The number of hydrogen-bond donors (Lipinski definition) is 2. The number of carbonyl (C=O) groups is 1. The zero-order valence-corrected chi connectivity index (χ0v) is 14.4. The number of benzene rings is 1. The Bertz CT molecular complexity index is 726. The quantitative estimate of drug-likeness (QED) is 0.891. The van der Waals surface area contributed by atoms with E-state index >= 15 is 0 Å². The van der Waals surface area contributed by atoms with Crippen LogP contribution in [-0.4, -0.2) is 16.9 Å². The number of carbonyl (C=O) groups excluding carboxylic acids is 1. The van der Waals surface area contributed by atoms with Crippen LogP contribution in [0.1, 0.15) is 25.2 Å². The molecule has 2 aromatic rings. The molecule has 128 valence electrons. The summed E-state index contributed by atoms with van der Waals surface area (Å²) in [5.74, 6) is 2.40. The van der Waals surface area contributed by atoms with Crippen LogP contribution in [0.25, 0.3) is 11.3 Å². The van der Waals surface area contributed by atoms with Gasteiger partial charge in [0.25, 0.3) is 0 Å². The Morgan fingerprint density at radius 1 is 1.25 bits per heavy atom. The molecule has 0 saturated heterocycles. The van der Waals surface area contributed by atoms with E-state index in [0.717, 1.165) is 29.9 Å². The summed E-state index contributed by atoms with van der Waals surface area (Å²) in [5.41, 5.74) is 7.98. The molecule has 1 aromatic heterocycles. The van der Waals surface area contributed by atoms with Crippen molar-refractivity contribution in [2.45, 2.75) is 32.2 Å². The number of anilines is 1. The first-order chi connectivity index (χ1) is 11.1. The highest BCUT2D eigenvalue weighted by atomic mass is 35.5. The van der Waals surface area contributed by atoms with Crippen molar-refractivity contribution in [2.75, 3.05) is 5.32 Å². The van der Waals surface area contributed by atoms with Gasteiger partial charge in [0, 0.05) is 24.2 Å². The van der Waals surface area contributed by atoms with Gasteiger partial charge in [0.15, 0.2) is 11.7 Å². The van der Waals surface area contributed by atoms with Gasteiger partial charge >= 0.3 is 0 Å². The van der Waals surface area contributed by atoms with Crippen molar-refractivity contribution in [3.63, 3.8) is 0 Å². The molecule has 6 heteroatoms. The van der Waals surface area contributed by atoms with Crippen LogP contribution in [0, 0.1) is 24.7 Å². The van der Waals surface area contributed by atoms with Gasteiger partial charge < -0.3 is 15.5 Å². The van der Waals surface area contributed by atoms with Crippen LogP contribution in [0.2, 0.25) is 0 Å². The minimum absolute atomic E-state index is 0. The summed E-state index contributed by atoms with van der Waals surface area (Å²) in [6.07, 6.45) is 5.14. The zero-order chi connectivity index (χ0) is 16.0. The van der Waals surface area contributed by atoms with E-state index in [1.807, 2.05) is 31.2 Å². The Labute approximate surface area is 147 Å². The molecule has 24 heavy (non-hydrogen) atoms. The van der Waals surface area contributed by atoms with E-state index in [2.05, 4.69) is 10.3 Å². The van der Waals surface area contributed by atoms with Crippen molar-refractivity contribution in [1.82, 2.24) is 4.98 Å². The number of nitrogens with zero attached hydrogens (tertiary/aromatic N) is 1. The Balaban J connectivity index is 0.00000169. The summed E-state index contributed by atoms with van der Waals surface area (Å²) in [7, 11) is 0. The van der Waals surface area contributed by atoms with Crippen molar-refractivity contribution in [2.24, 2.45) is 23.5 Å². The SMILES string of the molecule is Cc1ncc(-c2ccc(NC(=O)C3C4CCC(C4)C3N)cc2)o1.Cl. The Morgan fingerprint density at radius 3 is 2.54 bits per heavy atom. The Kier molecular flexibility index (Phi) is 4.65. The maximum absolute atomic E-state index is 12.6. The first-order valence-corrected chi connectivity index (χ1v) is 8.21. The van der Waals surface area contributed by atoms with E-state index in [4.69, 9.17) is 10.2 Å². The monoisotopic (exact) mass is 347 g/mol. The molecule has 4 atom stereocenters. The fraction of sp³-hybridized carbons (Fsp3) is 0.444. The molecule has 0 aliphatic heterocycles. The predicted molar refractivity (Wildman–Crippen MR) is 94.9 cm³/mol. The van der Waals surface area contributed by atoms with E-state index in [-0.39, 0.29) is 30.3 Å². The first-order valence-electron chi connectivity index (χ1n) is 8.21. The molecule has 0 radical (unpaired) electrons. The third-order valence-electron chi connectivity index (χ3n) is 5.34. The zero-order valence-electron chi connectivity index (χ0n) is 13.6. The molecule has 1 heterocycles. The minimum Gasteiger partial charge on any atom is -0.441 e. The second kappa shape index (κ2) is 6.57. The molecule has 1 amide bonds. The lowest BCUT2D eigenvalue weighted by atomic mass is 9.84. The van der Waals surface area contributed by atoms with Crippen molar-refractivity contribution in [3.05, 3.63) is 36.4 Å². The third-order valence-corrected chi connectivity index (χ3v) is 5.34. The molecule has 5 nitrogen and oxygen atoms in total.